The monoisotopic (exact) mass is 208 g/mol. The van der Waals surface area contributed by atoms with Crippen LogP contribution in [0.3, 0.4) is 0 Å². The molecular weight excluding hydrogens is 196 g/mol. The van der Waals surface area contributed by atoms with E-state index in [1.165, 1.54) is 0 Å². The fourth-order valence-electron chi connectivity index (χ4n) is 1.63. The van der Waals surface area contributed by atoms with E-state index in [9.17, 15) is 0 Å². The molecule has 1 heterocycles. The number of hydrogen-bond acceptors (Lipinski definition) is 2. The van der Waals surface area contributed by atoms with Crippen LogP contribution in [0.25, 0.3) is 11.1 Å². The summed E-state index contributed by atoms with van der Waals surface area (Å²) in [4.78, 5) is 4.27. The third-order valence-corrected chi connectivity index (χ3v) is 2.59. The molecule has 0 aliphatic rings. The van der Waals surface area contributed by atoms with Crippen LogP contribution in [0.1, 0.15) is 16.8 Å². The van der Waals surface area contributed by atoms with Gasteiger partial charge in [0.25, 0.3) is 0 Å². The molecule has 0 atom stereocenters. The second-order valence-electron chi connectivity index (χ2n) is 3.83. The van der Waals surface area contributed by atoms with E-state index in [4.69, 9.17) is 5.26 Å². The van der Waals surface area contributed by atoms with Crippen LogP contribution in [0.15, 0.2) is 36.5 Å². The van der Waals surface area contributed by atoms with E-state index < -0.39 is 0 Å². The lowest BCUT2D eigenvalue weighted by Crippen LogP contribution is -1.87. The molecule has 0 N–H and O–H groups in total. The van der Waals surface area contributed by atoms with E-state index in [0.717, 1.165) is 22.4 Å². The number of hydrogen-bond donors (Lipinski definition) is 0. The Balaban J connectivity index is 2.55. The molecule has 0 unspecified atom stereocenters. The van der Waals surface area contributed by atoms with E-state index in [-0.39, 0.29) is 0 Å². The van der Waals surface area contributed by atoms with Crippen molar-refractivity contribution in [3.63, 3.8) is 0 Å². The maximum absolute atomic E-state index is 8.88. The molecule has 1 aromatic heterocycles. The van der Waals surface area contributed by atoms with Crippen molar-refractivity contribution in [1.29, 1.82) is 5.26 Å². The minimum absolute atomic E-state index is 0.682. The van der Waals surface area contributed by atoms with Crippen LogP contribution in [0, 0.1) is 25.2 Å². The van der Waals surface area contributed by atoms with Crippen molar-refractivity contribution in [3.8, 4) is 17.2 Å². The Morgan fingerprint density at radius 2 is 1.94 bits per heavy atom. The Hall–Kier alpha value is -2.14. The molecule has 2 rings (SSSR count). The Morgan fingerprint density at radius 1 is 1.12 bits per heavy atom. The van der Waals surface area contributed by atoms with E-state index in [2.05, 4.69) is 11.1 Å². The molecule has 0 aliphatic carbocycles. The first-order valence-electron chi connectivity index (χ1n) is 5.14. The predicted octanol–water partition coefficient (Wildman–Crippen LogP) is 3.24. The Labute approximate surface area is 95.2 Å². The van der Waals surface area contributed by atoms with Crippen LogP contribution in [0.5, 0.6) is 0 Å². The minimum Gasteiger partial charge on any atom is -0.261 e. The molecule has 1 aromatic carbocycles. The van der Waals surface area contributed by atoms with Gasteiger partial charge in [-0.05, 0) is 43.2 Å². The van der Waals surface area contributed by atoms with Crippen molar-refractivity contribution in [2.45, 2.75) is 13.8 Å². The summed E-state index contributed by atoms with van der Waals surface area (Å²) in [5, 5.41) is 8.88. The van der Waals surface area contributed by atoms with Crippen molar-refractivity contribution in [2.75, 3.05) is 0 Å². The van der Waals surface area contributed by atoms with Gasteiger partial charge in [0.15, 0.2) is 0 Å². The first-order chi connectivity index (χ1) is 7.70. The lowest BCUT2D eigenvalue weighted by atomic mass is 9.99. The summed E-state index contributed by atoms with van der Waals surface area (Å²) in [5.74, 6) is 0. The summed E-state index contributed by atoms with van der Waals surface area (Å²) >= 11 is 0. The van der Waals surface area contributed by atoms with E-state index in [1.54, 1.807) is 0 Å². The van der Waals surface area contributed by atoms with Crippen molar-refractivity contribution >= 4 is 0 Å². The Morgan fingerprint density at radius 3 is 2.56 bits per heavy atom. The largest absolute Gasteiger partial charge is 0.261 e. The molecule has 2 nitrogen and oxygen atoms in total. The van der Waals surface area contributed by atoms with Gasteiger partial charge < -0.3 is 0 Å². The van der Waals surface area contributed by atoms with Gasteiger partial charge in [0, 0.05) is 17.5 Å². The van der Waals surface area contributed by atoms with Gasteiger partial charge in [-0.1, -0.05) is 12.1 Å². The van der Waals surface area contributed by atoms with Gasteiger partial charge in [-0.25, -0.2) is 0 Å². The van der Waals surface area contributed by atoms with Crippen LogP contribution in [-0.4, -0.2) is 4.98 Å². The normalized spacial score (nSPS) is 9.81. The van der Waals surface area contributed by atoms with Crippen LogP contribution >= 0.6 is 0 Å². The fraction of sp³-hybridized carbons (Fsp3) is 0.143. The number of pyridine rings is 1. The zero-order chi connectivity index (χ0) is 11.5. The van der Waals surface area contributed by atoms with Crippen LogP contribution in [0.4, 0.5) is 0 Å². The van der Waals surface area contributed by atoms with Gasteiger partial charge in [-0.3, -0.25) is 4.98 Å². The van der Waals surface area contributed by atoms with Gasteiger partial charge in [0.05, 0.1) is 11.6 Å². The molecule has 16 heavy (non-hydrogen) atoms. The summed E-state index contributed by atoms with van der Waals surface area (Å²) < 4.78 is 0. The third kappa shape index (κ3) is 1.94. The van der Waals surface area contributed by atoms with E-state index in [1.807, 2.05) is 50.4 Å². The Bertz CT molecular complexity index is 548. The smallest absolute Gasteiger partial charge is 0.0991 e. The van der Waals surface area contributed by atoms with Gasteiger partial charge in [0.2, 0.25) is 0 Å². The van der Waals surface area contributed by atoms with Crippen molar-refractivity contribution in [3.05, 3.63) is 53.3 Å². The second-order valence-corrected chi connectivity index (χ2v) is 3.83. The molecule has 0 aliphatic heterocycles. The molecule has 0 radical (unpaired) electrons. The number of nitriles is 1. The first-order valence-corrected chi connectivity index (χ1v) is 5.14. The molecule has 0 saturated heterocycles. The predicted molar refractivity (Wildman–Crippen MR) is 63.9 cm³/mol. The van der Waals surface area contributed by atoms with Crippen molar-refractivity contribution < 1.29 is 0 Å². The van der Waals surface area contributed by atoms with Gasteiger partial charge in [0.1, 0.15) is 0 Å². The molecule has 2 aromatic rings. The maximum Gasteiger partial charge on any atom is 0.0991 e. The zero-order valence-electron chi connectivity index (χ0n) is 9.36. The first kappa shape index (κ1) is 10.4. The average Bonchev–Trinajstić information content (AvgIpc) is 2.31. The lowest BCUT2D eigenvalue weighted by Gasteiger charge is -2.06. The molecule has 0 fully saturated rings. The van der Waals surface area contributed by atoms with Gasteiger partial charge in [-0.15, -0.1) is 0 Å². The molecular formula is C14H12N2. The second kappa shape index (κ2) is 4.16. The molecule has 78 valence electrons. The Kier molecular flexibility index (Phi) is 2.70. The summed E-state index contributed by atoms with van der Waals surface area (Å²) in [6.45, 7) is 4.00. The number of rotatable bonds is 1. The summed E-state index contributed by atoms with van der Waals surface area (Å²) in [6, 6.07) is 11.9. The highest BCUT2D eigenvalue weighted by atomic mass is 14.7. The van der Waals surface area contributed by atoms with E-state index >= 15 is 0 Å². The molecule has 0 amide bonds. The van der Waals surface area contributed by atoms with Crippen molar-refractivity contribution in [1.82, 2.24) is 4.98 Å². The SMILES string of the molecule is Cc1ccc(-c2cc(C#N)ccc2C)cn1. The van der Waals surface area contributed by atoms with Crippen LogP contribution in [-0.2, 0) is 0 Å². The lowest BCUT2D eigenvalue weighted by molar-refractivity contribution is 1.20. The van der Waals surface area contributed by atoms with Crippen molar-refractivity contribution in [2.24, 2.45) is 0 Å². The standard InChI is InChI=1S/C14H12N2/c1-10-3-5-12(8-15)7-14(10)13-6-4-11(2)16-9-13/h3-7,9H,1-2H3. The third-order valence-electron chi connectivity index (χ3n) is 2.59. The number of nitrogens with zero attached hydrogens (tertiary/aromatic N) is 2. The molecule has 2 heteroatoms. The fourth-order valence-corrected chi connectivity index (χ4v) is 1.63. The van der Waals surface area contributed by atoms with Crippen LogP contribution < -0.4 is 0 Å². The number of aryl methyl sites for hydroxylation is 2. The topological polar surface area (TPSA) is 36.7 Å². The van der Waals surface area contributed by atoms with E-state index in [0.29, 0.717) is 5.56 Å². The maximum atomic E-state index is 8.88. The summed E-state index contributed by atoms with van der Waals surface area (Å²) in [5.41, 5.74) is 4.97. The quantitative estimate of drug-likeness (QED) is 0.721. The molecule has 0 saturated carbocycles. The highest BCUT2D eigenvalue weighted by Gasteiger charge is 2.03. The van der Waals surface area contributed by atoms with Crippen LogP contribution in [0.2, 0.25) is 0 Å². The zero-order valence-corrected chi connectivity index (χ0v) is 9.36. The molecule has 0 spiro atoms. The number of benzene rings is 1. The summed E-state index contributed by atoms with van der Waals surface area (Å²) in [7, 11) is 0. The highest BCUT2D eigenvalue weighted by molar-refractivity contribution is 5.68. The highest BCUT2D eigenvalue weighted by Crippen LogP contribution is 2.23. The number of aromatic nitrogens is 1. The summed E-state index contributed by atoms with van der Waals surface area (Å²) in [6.07, 6.45) is 1.85. The average molecular weight is 208 g/mol. The molecule has 0 bridgehead atoms. The van der Waals surface area contributed by atoms with Gasteiger partial charge >= 0.3 is 0 Å². The van der Waals surface area contributed by atoms with Gasteiger partial charge in [-0.2, -0.15) is 5.26 Å². The minimum atomic E-state index is 0.682.